The number of carboxylic acids is 1. The van der Waals surface area contributed by atoms with Crippen LogP contribution in [0.15, 0.2) is 36.4 Å². The van der Waals surface area contributed by atoms with E-state index < -0.39 is 5.97 Å². The molecule has 2 aromatic rings. The molecule has 0 unspecified atom stereocenters. The van der Waals surface area contributed by atoms with Crippen molar-refractivity contribution in [1.82, 2.24) is 10.6 Å². The summed E-state index contributed by atoms with van der Waals surface area (Å²) >= 11 is 6.24. The minimum Gasteiger partial charge on any atom is -0.489 e. The number of fused-ring (bicyclic) bond motifs is 1. The summed E-state index contributed by atoms with van der Waals surface area (Å²) in [4.78, 5) is 22.8. The van der Waals surface area contributed by atoms with Crippen LogP contribution in [0.2, 0.25) is 5.02 Å². The van der Waals surface area contributed by atoms with E-state index in [9.17, 15) is 9.59 Å². The van der Waals surface area contributed by atoms with Crippen LogP contribution in [0.25, 0.3) is 0 Å². The Morgan fingerprint density at radius 3 is 2.37 bits per heavy atom. The lowest BCUT2D eigenvalue weighted by Gasteiger charge is -2.12. The minimum atomic E-state index is -0.985. The predicted molar refractivity (Wildman–Crippen MR) is 99.5 cm³/mol. The van der Waals surface area contributed by atoms with E-state index in [4.69, 9.17) is 26.2 Å². The third kappa shape index (κ3) is 5.04. The number of urea groups is 1. The van der Waals surface area contributed by atoms with E-state index in [0.29, 0.717) is 29.7 Å². The quantitative estimate of drug-likeness (QED) is 0.728. The smallest absolute Gasteiger partial charge is 0.335 e. The van der Waals surface area contributed by atoms with Crippen molar-refractivity contribution in [2.24, 2.45) is 0 Å². The average molecular weight is 391 g/mol. The van der Waals surface area contributed by atoms with Crippen molar-refractivity contribution in [3.63, 3.8) is 0 Å². The van der Waals surface area contributed by atoms with Gasteiger partial charge in [-0.05, 0) is 35.4 Å². The molecule has 2 amide bonds. The van der Waals surface area contributed by atoms with Crippen LogP contribution in [0.1, 0.15) is 27.9 Å². The van der Waals surface area contributed by atoms with Crippen LogP contribution in [0, 0.1) is 0 Å². The Morgan fingerprint density at radius 1 is 1.00 bits per heavy atom. The number of hydrogen-bond donors (Lipinski definition) is 3. The minimum absolute atomic E-state index is 0.203. The Hall–Kier alpha value is -2.93. The van der Waals surface area contributed by atoms with Crippen LogP contribution >= 0.6 is 11.6 Å². The molecule has 1 aliphatic rings. The maximum Gasteiger partial charge on any atom is 0.335 e. The molecule has 3 N–H and O–H groups in total. The summed E-state index contributed by atoms with van der Waals surface area (Å²) in [6.45, 7) is 1.68. The largest absolute Gasteiger partial charge is 0.489 e. The molecule has 0 saturated heterocycles. The summed E-state index contributed by atoms with van der Waals surface area (Å²) in [6, 6.07) is 9.51. The molecule has 0 aliphatic carbocycles. The second kappa shape index (κ2) is 8.64. The molecule has 7 nitrogen and oxygen atoms in total. The highest BCUT2D eigenvalue weighted by Gasteiger charge is 2.15. The summed E-state index contributed by atoms with van der Waals surface area (Å²) < 4.78 is 11.2. The Bertz CT molecular complexity index is 839. The number of nitrogens with one attached hydrogen (secondary N) is 2. The summed E-state index contributed by atoms with van der Waals surface area (Å²) in [7, 11) is 0. The fourth-order valence-electron chi connectivity index (χ4n) is 2.58. The normalized spacial score (nSPS) is 12.8. The number of rotatable bonds is 5. The maximum atomic E-state index is 12.0. The molecule has 0 radical (unpaired) electrons. The van der Waals surface area contributed by atoms with Crippen LogP contribution in [-0.4, -0.2) is 30.3 Å². The van der Waals surface area contributed by atoms with E-state index >= 15 is 0 Å². The zero-order valence-electron chi connectivity index (χ0n) is 14.5. The molecule has 0 saturated carbocycles. The first-order valence-corrected chi connectivity index (χ1v) is 8.82. The summed E-state index contributed by atoms with van der Waals surface area (Å²) in [5, 5.41) is 14.8. The molecule has 0 aromatic heterocycles. The van der Waals surface area contributed by atoms with Gasteiger partial charge in [-0.15, -0.1) is 0 Å². The monoisotopic (exact) mass is 390 g/mol. The average Bonchev–Trinajstić information content (AvgIpc) is 2.91. The molecule has 8 heteroatoms. The SMILES string of the molecule is O=C(NCc1ccc(C(=O)O)cc1)NCc1cc(Cl)c2c(c1)OCCCO2. The predicted octanol–water partition coefficient (Wildman–Crippen LogP) is 3.20. The number of amides is 2. The second-order valence-corrected chi connectivity index (χ2v) is 6.40. The van der Waals surface area contributed by atoms with E-state index in [-0.39, 0.29) is 24.7 Å². The molecular weight excluding hydrogens is 372 g/mol. The lowest BCUT2D eigenvalue weighted by molar-refractivity contribution is 0.0697. The molecular formula is C19H19ClN2O5. The van der Waals surface area contributed by atoms with Crippen molar-refractivity contribution in [2.75, 3.05) is 13.2 Å². The standard InChI is InChI=1S/C19H19ClN2O5/c20-15-8-13(9-16-17(15)27-7-1-6-26-16)11-22-19(25)21-10-12-2-4-14(5-3-12)18(23)24/h2-5,8-9H,1,6-7,10-11H2,(H,23,24)(H2,21,22,25). The van der Waals surface area contributed by atoms with Crippen molar-refractivity contribution in [1.29, 1.82) is 0 Å². The highest BCUT2D eigenvalue weighted by Crippen LogP contribution is 2.37. The molecule has 142 valence electrons. The van der Waals surface area contributed by atoms with Crippen molar-refractivity contribution >= 4 is 23.6 Å². The van der Waals surface area contributed by atoms with Gasteiger partial charge in [0.15, 0.2) is 11.5 Å². The molecule has 0 bridgehead atoms. The molecule has 2 aromatic carbocycles. The van der Waals surface area contributed by atoms with E-state index in [0.717, 1.165) is 17.5 Å². The van der Waals surface area contributed by atoms with Gasteiger partial charge >= 0.3 is 12.0 Å². The first-order chi connectivity index (χ1) is 13.0. The Kier molecular flexibility index (Phi) is 6.03. The van der Waals surface area contributed by atoms with Crippen LogP contribution in [-0.2, 0) is 13.1 Å². The van der Waals surface area contributed by atoms with E-state index in [1.165, 1.54) is 12.1 Å². The first kappa shape index (κ1) is 18.8. The van der Waals surface area contributed by atoms with Gasteiger partial charge < -0.3 is 25.2 Å². The number of ether oxygens (including phenoxy) is 2. The van der Waals surface area contributed by atoms with Crippen LogP contribution in [0.4, 0.5) is 4.79 Å². The number of benzene rings is 2. The molecule has 0 atom stereocenters. The summed E-state index contributed by atoms with van der Waals surface area (Å²) in [6.07, 6.45) is 0.786. The van der Waals surface area contributed by atoms with Gasteiger partial charge in [0.25, 0.3) is 0 Å². The van der Waals surface area contributed by atoms with Gasteiger partial charge in [0.05, 0.1) is 23.8 Å². The van der Waals surface area contributed by atoms with E-state index in [1.54, 1.807) is 24.3 Å². The number of carboxylic acid groups (broad SMARTS) is 1. The summed E-state index contributed by atoms with van der Waals surface area (Å²) in [5.74, 6) is 0.129. The van der Waals surface area contributed by atoms with E-state index in [1.807, 2.05) is 0 Å². The van der Waals surface area contributed by atoms with Gasteiger partial charge in [-0.3, -0.25) is 0 Å². The highest BCUT2D eigenvalue weighted by molar-refractivity contribution is 6.32. The number of halogens is 1. The third-order valence-corrected chi connectivity index (χ3v) is 4.25. The topological polar surface area (TPSA) is 96.9 Å². The first-order valence-electron chi connectivity index (χ1n) is 8.45. The van der Waals surface area contributed by atoms with Gasteiger partial charge in [0, 0.05) is 19.5 Å². The maximum absolute atomic E-state index is 12.0. The van der Waals surface area contributed by atoms with Crippen LogP contribution in [0.5, 0.6) is 11.5 Å². The molecule has 0 spiro atoms. The van der Waals surface area contributed by atoms with Gasteiger partial charge in [-0.25, -0.2) is 9.59 Å². The Labute approximate surface area is 161 Å². The zero-order valence-corrected chi connectivity index (χ0v) is 15.2. The van der Waals surface area contributed by atoms with Crippen molar-refractivity contribution in [3.05, 3.63) is 58.1 Å². The van der Waals surface area contributed by atoms with Gasteiger partial charge in [-0.2, -0.15) is 0 Å². The lowest BCUT2D eigenvalue weighted by Crippen LogP contribution is -2.34. The fraction of sp³-hybridized carbons (Fsp3) is 0.263. The van der Waals surface area contributed by atoms with Crippen molar-refractivity contribution < 1.29 is 24.2 Å². The fourth-order valence-corrected chi connectivity index (χ4v) is 2.87. The zero-order chi connectivity index (χ0) is 19.2. The molecule has 0 fully saturated rings. The molecule has 27 heavy (non-hydrogen) atoms. The number of aromatic carboxylic acids is 1. The number of hydrogen-bond acceptors (Lipinski definition) is 4. The van der Waals surface area contributed by atoms with Crippen molar-refractivity contribution in [3.8, 4) is 11.5 Å². The molecule has 1 heterocycles. The third-order valence-electron chi connectivity index (χ3n) is 3.97. The van der Waals surface area contributed by atoms with Crippen LogP contribution < -0.4 is 20.1 Å². The molecule has 1 aliphatic heterocycles. The Morgan fingerprint density at radius 2 is 1.67 bits per heavy atom. The van der Waals surface area contributed by atoms with Crippen LogP contribution in [0.3, 0.4) is 0 Å². The second-order valence-electron chi connectivity index (χ2n) is 5.99. The number of carbonyl (C=O) groups is 2. The highest BCUT2D eigenvalue weighted by atomic mass is 35.5. The number of carbonyl (C=O) groups excluding carboxylic acids is 1. The molecule has 3 rings (SSSR count). The Balaban J connectivity index is 1.52. The summed E-state index contributed by atoms with van der Waals surface area (Å²) in [5.41, 5.74) is 1.80. The van der Waals surface area contributed by atoms with Gasteiger partial charge in [0.1, 0.15) is 0 Å². The lowest BCUT2D eigenvalue weighted by atomic mass is 10.1. The van der Waals surface area contributed by atoms with Gasteiger partial charge in [0.2, 0.25) is 0 Å². The van der Waals surface area contributed by atoms with E-state index in [2.05, 4.69) is 10.6 Å². The van der Waals surface area contributed by atoms with Gasteiger partial charge in [-0.1, -0.05) is 23.7 Å². The van der Waals surface area contributed by atoms with Crippen molar-refractivity contribution in [2.45, 2.75) is 19.5 Å².